The van der Waals surface area contributed by atoms with Gasteiger partial charge in [-0.1, -0.05) is 11.6 Å². The number of ketones is 1. The third-order valence-corrected chi connectivity index (χ3v) is 2.63. The molecule has 0 aliphatic heterocycles. The third-order valence-electron chi connectivity index (χ3n) is 2.38. The number of halogens is 1. The van der Waals surface area contributed by atoms with E-state index < -0.39 is 18.5 Å². The van der Waals surface area contributed by atoms with E-state index in [-0.39, 0.29) is 25.2 Å². The van der Waals surface area contributed by atoms with Crippen LogP contribution in [0.4, 0.5) is 0 Å². The van der Waals surface area contributed by atoms with Crippen molar-refractivity contribution in [2.24, 2.45) is 0 Å². The Kier molecular flexibility index (Phi) is 6.73. The maximum Gasteiger partial charge on any atom is 0.344 e. The molecule has 1 aromatic carbocycles. The molecule has 0 aromatic heterocycles. The van der Waals surface area contributed by atoms with Crippen LogP contribution in [0.1, 0.15) is 30.1 Å². The van der Waals surface area contributed by atoms with Gasteiger partial charge in [0.15, 0.2) is 12.4 Å². The second-order valence-corrected chi connectivity index (χ2v) is 4.33. The van der Waals surface area contributed by atoms with Gasteiger partial charge in [-0.2, -0.15) is 0 Å². The average molecular weight is 299 g/mol. The average Bonchev–Trinajstić information content (AvgIpc) is 2.43. The minimum absolute atomic E-state index is 0.0172. The van der Waals surface area contributed by atoms with E-state index in [2.05, 4.69) is 9.47 Å². The van der Waals surface area contributed by atoms with Crippen molar-refractivity contribution >= 4 is 29.3 Å². The fourth-order valence-corrected chi connectivity index (χ4v) is 1.54. The number of carbonyl (C=O) groups is 3. The van der Waals surface area contributed by atoms with E-state index in [0.29, 0.717) is 10.6 Å². The van der Waals surface area contributed by atoms with Crippen LogP contribution in [0.5, 0.6) is 0 Å². The highest BCUT2D eigenvalue weighted by Crippen LogP contribution is 2.12. The molecule has 0 amide bonds. The van der Waals surface area contributed by atoms with Crippen molar-refractivity contribution < 1.29 is 23.9 Å². The predicted octanol–water partition coefficient (Wildman–Crippen LogP) is 2.41. The van der Waals surface area contributed by atoms with Crippen LogP contribution >= 0.6 is 11.6 Å². The molecule has 6 heteroatoms. The zero-order valence-electron chi connectivity index (χ0n) is 11.1. The normalized spacial score (nSPS) is 9.90. The minimum Gasteiger partial charge on any atom is -0.463 e. The Morgan fingerprint density at radius 3 is 2.25 bits per heavy atom. The molecule has 1 aromatic rings. The lowest BCUT2D eigenvalue weighted by Crippen LogP contribution is -2.17. The molecule has 0 unspecified atom stereocenters. The number of carbonyl (C=O) groups excluding carboxylic acids is 3. The van der Waals surface area contributed by atoms with Crippen molar-refractivity contribution in [2.75, 3.05) is 13.2 Å². The highest BCUT2D eigenvalue weighted by atomic mass is 35.5. The summed E-state index contributed by atoms with van der Waals surface area (Å²) in [6.45, 7) is 1.46. The molecule has 0 spiro atoms. The van der Waals surface area contributed by atoms with E-state index in [1.807, 2.05) is 0 Å². The summed E-state index contributed by atoms with van der Waals surface area (Å²) in [4.78, 5) is 34.1. The molecule has 0 radical (unpaired) electrons. The molecule has 0 aliphatic rings. The van der Waals surface area contributed by atoms with Gasteiger partial charge in [-0.15, -0.1) is 0 Å². The number of ether oxygens (including phenoxy) is 2. The first kappa shape index (κ1) is 16.2. The van der Waals surface area contributed by atoms with E-state index in [1.54, 1.807) is 31.2 Å². The van der Waals surface area contributed by atoms with Crippen molar-refractivity contribution in [3.05, 3.63) is 34.9 Å². The molecule has 5 nitrogen and oxygen atoms in total. The summed E-state index contributed by atoms with van der Waals surface area (Å²) in [5.74, 6) is -1.40. The van der Waals surface area contributed by atoms with Crippen LogP contribution in [0.2, 0.25) is 5.02 Å². The summed E-state index contributed by atoms with van der Waals surface area (Å²) in [5.41, 5.74) is 0.479. The molecule has 0 heterocycles. The third kappa shape index (κ3) is 5.84. The maximum absolute atomic E-state index is 11.8. The van der Waals surface area contributed by atoms with Gasteiger partial charge in [0.1, 0.15) is 0 Å². The molecule has 0 bridgehead atoms. The highest BCUT2D eigenvalue weighted by molar-refractivity contribution is 6.30. The second kappa shape index (κ2) is 8.32. The summed E-state index contributed by atoms with van der Waals surface area (Å²) >= 11 is 5.71. The Morgan fingerprint density at radius 2 is 1.65 bits per heavy atom. The first-order valence-electron chi connectivity index (χ1n) is 6.13. The van der Waals surface area contributed by atoms with E-state index in [0.717, 1.165) is 0 Å². The number of benzene rings is 1. The molecule has 108 valence electrons. The Hall–Kier alpha value is -1.88. The van der Waals surface area contributed by atoms with Crippen molar-refractivity contribution in [1.29, 1.82) is 0 Å². The summed E-state index contributed by atoms with van der Waals surface area (Å²) < 4.78 is 9.28. The van der Waals surface area contributed by atoms with Gasteiger partial charge in [-0.25, -0.2) is 4.79 Å². The molecule has 0 aliphatic carbocycles. The van der Waals surface area contributed by atoms with Crippen molar-refractivity contribution in [3.8, 4) is 0 Å². The fraction of sp³-hybridized carbons (Fsp3) is 0.357. The van der Waals surface area contributed by atoms with Gasteiger partial charge < -0.3 is 9.47 Å². The zero-order valence-corrected chi connectivity index (χ0v) is 11.8. The molecule has 0 saturated heterocycles. The van der Waals surface area contributed by atoms with E-state index in [4.69, 9.17) is 11.6 Å². The topological polar surface area (TPSA) is 69.7 Å². The SMILES string of the molecule is CCOC(=O)COC(=O)CCC(=O)c1ccc(Cl)cc1. The van der Waals surface area contributed by atoms with Gasteiger partial charge in [-0.3, -0.25) is 9.59 Å². The maximum atomic E-state index is 11.8. The molecule has 1 rings (SSSR count). The number of hydrogen-bond donors (Lipinski definition) is 0. The van der Waals surface area contributed by atoms with Crippen LogP contribution in [-0.2, 0) is 19.1 Å². The molecule has 0 fully saturated rings. The molecule has 0 N–H and O–H groups in total. The van der Waals surface area contributed by atoms with E-state index in [9.17, 15) is 14.4 Å². The van der Waals surface area contributed by atoms with E-state index >= 15 is 0 Å². The van der Waals surface area contributed by atoms with Gasteiger partial charge in [0.05, 0.1) is 13.0 Å². The Morgan fingerprint density at radius 1 is 1.00 bits per heavy atom. The summed E-state index contributed by atoms with van der Waals surface area (Å²) in [6.07, 6.45) is -0.0653. The summed E-state index contributed by atoms with van der Waals surface area (Å²) in [6, 6.07) is 6.39. The van der Waals surface area contributed by atoms with Crippen LogP contribution < -0.4 is 0 Å². The lowest BCUT2D eigenvalue weighted by molar-refractivity contribution is -0.158. The standard InChI is InChI=1S/C14H15ClO5/c1-2-19-14(18)9-20-13(17)8-7-12(16)10-3-5-11(15)6-4-10/h3-6H,2,7-9H2,1H3. The van der Waals surface area contributed by atoms with Crippen molar-refractivity contribution in [2.45, 2.75) is 19.8 Å². The fourth-order valence-electron chi connectivity index (χ4n) is 1.41. The highest BCUT2D eigenvalue weighted by Gasteiger charge is 2.12. The van der Waals surface area contributed by atoms with Crippen LogP contribution in [0.15, 0.2) is 24.3 Å². The first-order valence-corrected chi connectivity index (χ1v) is 6.50. The van der Waals surface area contributed by atoms with Gasteiger partial charge in [0.2, 0.25) is 0 Å². The largest absolute Gasteiger partial charge is 0.463 e. The lowest BCUT2D eigenvalue weighted by atomic mass is 10.1. The molecule has 20 heavy (non-hydrogen) atoms. The van der Waals surface area contributed by atoms with Gasteiger partial charge in [0, 0.05) is 17.0 Å². The Balaban J connectivity index is 2.32. The number of rotatable bonds is 7. The molecule has 0 atom stereocenters. The lowest BCUT2D eigenvalue weighted by Gasteiger charge is -2.04. The second-order valence-electron chi connectivity index (χ2n) is 3.90. The van der Waals surface area contributed by atoms with Crippen LogP contribution in [0, 0.1) is 0 Å². The van der Waals surface area contributed by atoms with Crippen LogP contribution in [0.3, 0.4) is 0 Å². The molecule has 0 saturated carbocycles. The Labute approximate surface area is 121 Å². The van der Waals surface area contributed by atoms with Crippen LogP contribution in [-0.4, -0.2) is 30.9 Å². The van der Waals surface area contributed by atoms with Gasteiger partial charge in [-0.05, 0) is 31.2 Å². The van der Waals surface area contributed by atoms with Gasteiger partial charge >= 0.3 is 11.9 Å². The van der Waals surface area contributed by atoms with Gasteiger partial charge in [0.25, 0.3) is 0 Å². The zero-order chi connectivity index (χ0) is 15.0. The quantitative estimate of drug-likeness (QED) is 0.571. The first-order chi connectivity index (χ1) is 9.52. The number of esters is 2. The predicted molar refractivity (Wildman–Crippen MR) is 72.6 cm³/mol. The summed E-state index contributed by atoms with van der Waals surface area (Å²) in [5, 5.41) is 0.537. The van der Waals surface area contributed by atoms with Crippen molar-refractivity contribution in [3.63, 3.8) is 0 Å². The summed E-state index contributed by atoms with van der Waals surface area (Å²) in [7, 11) is 0. The van der Waals surface area contributed by atoms with Crippen LogP contribution in [0.25, 0.3) is 0 Å². The monoisotopic (exact) mass is 298 g/mol. The smallest absolute Gasteiger partial charge is 0.344 e. The van der Waals surface area contributed by atoms with E-state index in [1.165, 1.54) is 0 Å². The molecular formula is C14H15ClO5. The Bertz CT molecular complexity index is 481. The van der Waals surface area contributed by atoms with Crippen molar-refractivity contribution in [1.82, 2.24) is 0 Å². The minimum atomic E-state index is -0.611. The number of hydrogen-bond acceptors (Lipinski definition) is 5. The number of Topliss-reactive ketones (excluding diaryl/α,β-unsaturated/α-hetero) is 1. The molecular weight excluding hydrogens is 284 g/mol.